The fourth-order valence-electron chi connectivity index (χ4n) is 10.1. The van der Waals surface area contributed by atoms with Gasteiger partial charge in [0.25, 0.3) is 0 Å². The van der Waals surface area contributed by atoms with Crippen LogP contribution in [-0.4, -0.2) is 16.1 Å². The van der Waals surface area contributed by atoms with Crippen LogP contribution in [0.5, 0.6) is 0 Å². The first-order chi connectivity index (χ1) is 32.0. The minimum atomic E-state index is -1.69. The van der Waals surface area contributed by atoms with Crippen molar-refractivity contribution in [3.8, 4) is 77.9 Å². The summed E-state index contributed by atoms with van der Waals surface area (Å²) < 4.78 is 0. The van der Waals surface area contributed by atoms with E-state index in [1.807, 2.05) is 0 Å². The van der Waals surface area contributed by atoms with Crippen LogP contribution in [0.4, 0.5) is 0 Å². The first-order valence-corrected chi connectivity index (χ1v) is 30.4. The van der Waals surface area contributed by atoms with Gasteiger partial charge < -0.3 is 0 Å². The van der Waals surface area contributed by atoms with Crippen molar-refractivity contribution in [3.63, 3.8) is 0 Å². The summed E-state index contributed by atoms with van der Waals surface area (Å²) in [5.41, 5.74) is 17.4. The molecule has 11 aromatic rings. The van der Waals surface area contributed by atoms with Crippen molar-refractivity contribution in [2.45, 2.75) is 39.3 Å². The van der Waals surface area contributed by atoms with Gasteiger partial charge in [-0.25, -0.2) is 0 Å². The standard InChI is InChI=1S/C64H54Si2/c1-65(2,3)53-38-52(39-54(40-53)66(4,5)6)62-42-61(51-30-18-27-48(37-51)45-23-14-9-15-24-45)57-32-31-55-59(49-28-16-25-46(35-49)43-19-10-7-11-20-43)41-60(56-33-34-58(62)64(57)63(55)56)50-29-17-26-47(36-50)44-21-12-8-13-22-44/h7-42H,1-6H3. The van der Waals surface area contributed by atoms with Gasteiger partial charge in [-0.3, -0.25) is 0 Å². The van der Waals surface area contributed by atoms with Gasteiger partial charge in [-0.15, -0.1) is 0 Å². The summed E-state index contributed by atoms with van der Waals surface area (Å²) in [6.45, 7) is 15.0. The van der Waals surface area contributed by atoms with E-state index in [-0.39, 0.29) is 0 Å². The van der Waals surface area contributed by atoms with E-state index in [4.69, 9.17) is 0 Å². The minimum Gasteiger partial charge on any atom is -0.0656 e. The van der Waals surface area contributed by atoms with Gasteiger partial charge in [0, 0.05) is 0 Å². The molecule has 0 N–H and O–H groups in total. The average molecular weight is 879 g/mol. The first-order valence-electron chi connectivity index (χ1n) is 23.4. The Balaban J connectivity index is 1.27. The highest BCUT2D eigenvalue weighted by Crippen LogP contribution is 2.49. The third kappa shape index (κ3) is 7.60. The topological polar surface area (TPSA) is 0 Å². The van der Waals surface area contributed by atoms with Gasteiger partial charge in [0.1, 0.15) is 0 Å². The van der Waals surface area contributed by atoms with Crippen LogP contribution in [0.15, 0.2) is 218 Å². The fraction of sp³-hybridized carbons (Fsp3) is 0.0938. The van der Waals surface area contributed by atoms with Crippen molar-refractivity contribution < 1.29 is 0 Å². The zero-order valence-corrected chi connectivity index (χ0v) is 40.8. The number of benzene rings is 11. The maximum atomic E-state index is 2.56. The largest absolute Gasteiger partial charge is 0.0776 e. The van der Waals surface area contributed by atoms with E-state index in [0.29, 0.717) is 0 Å². The lowest BCUT2D eigenvalue weighted by atomic mass is 9.81. The van der Waals surface area contributed by atoms with Crippen molar-refractivity contribution in [2.24, 2.45) is 0 Å². The Morgan fingerprint density at radius 1 is 0.212 bits per heavy atom. The van der Waals surface area contributed by atoms with Crippen LogP contribution >= 0.6 is 0 Å². The second-order valence-corrected chi connectivity index (χ2v) is 30.3. The van der Waals surface area contributed by atoms with Crippen molar-refractivity contribution in [2.75, 3.05) is 0 Å². The molecule has 0 heterocycles. The average Bonchev–Trinajstić information content (AvgIpc) is 3.35. The highest BCUT2D eigenvalue weighted by Gasteiger charge is 2.26. The summed E-state index contributed by atoms with van der Waals surface area (Å²) >= 11 is 0. The third-order valence-electron chi connectivity index (χ3n) is 13.7. The molecule has 2 heteroatoms. The summed E-state index contributed by atoms with van der Waals surface area (Å²) in [6.07, 6.45) is 0. The van der Waals surface area contributed by atoms with Crippen molar-refractivity contribution in [1.82, 2.24) is 0 Å². The van der Waals surface area contributed by atoms with Crippen molar-refractivity contribution in [3.05, 3.63) is 218 Å². The summed E-state index contributed by atoms with van der Waals surface area (Å²) in [4.78, 5) is 0. The molecule has 0 saturated heterocycles. The molecule has 0 nitrogen and oxygen atoms in total. The van der Waals surface area contributed by atoms with E-state index in [2.05, 4.69) is 258 Å². The molecule has 0 aliphatic heterocycles. The Hall–Kier alpha value is -7.11. The predicted octanol–water partition coefficient (Wildman–Crippen LogP) is 17.3. The SMILES string of the molecule is C[Si](C)(C)c1cc(-c2cc(-c3cccc(-c4ccccc4)c3)c3ccc4c(-c5cccc(-c6ccccc6)c5)cc(-c5cccc(-c6ccccc6)c5)c5ccc2c3c45)cc([Si](C)(C)C)c1. The summed E-state index contributed by atoms with van der Waals surface area (Å²) in [7, 11) is -3.38. The van der Waals surface area contributed by atoms with Gasteiger partial charge in [-0.1, -0.05) is 238 Å². The Morgan fingerprint density at radius 3 is 0.788 bits per heavy atom. The quantitative estimate of drug-likeness (QED) is 0.100. The van der Waals surface area contributed by atoms with Crippen LogP contribution in [0, 0.1) is 0 Å². The van der Waals surface area contributed by atoms with Crippen LogP contribution in [-0.2, 0) is 0 Å². The second kappa shape index (κ2) is 16.4. The van der Waals surface area contributed by atoms with Gasteiger partial charge >= 0.3 is 0 Å². The number of hydrogen-bond acceptors (Lipinski definition) is 0. The fourth-order valence-corrected chi connectivity index (χ4v) is 12.6. The zero-order chi connectivity index (χ0) is 45.2. The van der Waals surface area contributed by atoms with Crippen molar-refractivity contribution >= 4 is 58.8 Å². The molecule has 11 aromatic carbocycles. The molecule has 11 rings (SSSR count). The summed E-state index contributed by atoms with van der Waals surface area (Å²) in [5.74, 6) is 0. The molecule has 0 aliphatic rings. The van der Waals surface area contributed by atoms with E-state index < -0.39 is 16.1 Å². The predicted molar refractivity (Wildman–Crippen MR) is 294 cm³/mol. The van der Waals surface area contributed by atoms with Gasteiger partial charge in [0.15, 0.2) is 0 Å². The Bertz CT molecular complexity index is 3440. The molecule has 0 aliphatic carbocycles. The highest BCUT2D eigenvalue weighted by molar-refractivity contribution is 6.91. The monoisotopic (exact) mass is 878 g/mol. The molecule has 0 saturated carbocycles. The van der Waals surface area contributed by atoms with E-state index in [1.54, 1.807) is 0 Å². The van der Waals surface area contributed by atoms with Gasteiger partial charge in [0.2, 0.25) is 0 Å². The van der Waals surface area contributed by atoms with E-state index in [0.717, 1.165) is 0 Å². The van der Waals surface area contributed by atoms with Crippen LogP contribution in [0.2, 0.25) is 39.3 Å². The molecule has 0 bridgehead atoms. The number of hydrogen-bond donors (Lipinski definition) is 0. The normalized spacial score (nSPS) is 12.1. The van der Waals surface area contributed by atoms with E-state index >= 15 is 0 Å². The Labute approximate surface area is 392 Å². The molecule has 0 radical (unpaired) electrons. The number of rotatable bonds is 9. The maximum absolute atomic E-state index is 2.56. The lowest BCUT2D eigenvalue weighted by molar-refractivity contribution is 1.59. The zero-order valence-electron chi connectivity index (χ0n) is 38.8. The Morgan fingerprint density at radius 2 is 0.485 bits per heavy atom. The highest BCUT2D eigenvalue weighted by atomic mass is 28.3. The smallest absolute Gasteiger partial charge is 0.0656 e. The minimum absolute atomic E-state index is 1.22. The van der Waals surface area contributed by atoms with Crippen LogP contribution in [0.25, 0.3) is 110 Å². The lowest BCUT2D eigenvalue weighted by Gasteiger charge is -2.26. The Kier molecular flexibility index (Phi) is 10.3. The summed E-state index contributed by atoms with van der Waals surface area (Å²) in [5, 5.41) is 10.8. The molecule has 0 fully saturated rings. The van der Waals surface area contributed by atoms with Crippen molar-refractivity contribution in [1.29, 1.82) is 0 Å². The van der Waals surface area contributed by atoms with Crippen LogP contribution < -0.4 is 10.4 Å². The lowest BCUT2D eigenvalue weighted by Crippen LogP contribution is -2.45. The first kappa shape index (κ1) is 41.6. The van der Waals surface area contributed by atoms with Gasteiger partial charge in [-0.2, -0.15) is 0 Å². The van der Waals surface area contributed by atoms with Gasteiger partial charge in [-0.05, 0) is 141 Å². The van der Waals surface area contributed by atoms with E-state index in [9.17, 15) is 0 Å². The molecule has 66 heavy (non-hydrogen) atoms. The van der Waals surface area contributed by atoms with E-state index in [1.165, 1.54) is 121 Å². The second-order valence-electron chi connectivity index (χ2n) is 20.2. The molecule has 0 atom stereocenters. The third-order valence-corrected chi connectivity index (χ3v) is 17.8. The molecular formula is C64H54Si2. The molecule has 0 spiro atoms. The molecular weight excluding hydrogens is 825 g/mol. The molecule has 0 amide bonds. The summed E-state index contributed by atoms with van der Waals surface area (Å²) in [6, 6.07) is 82.3. The molecule has 0 unspecified atom stereocenters. The maximum Gasteiger partial charge on any atom is 0.0776 e. The molecule has 0 aromatic heterocycles. The molecule has 318 valence electrons. The van der Waals surface area contributed by atoms with Crippen LogP contribution in [0.3, 0.4) is 0 Å². The van der Waals surface area contributed by atoms with Gasteiger partial charge in [0.05, 0.1) is 16.1 Å². The van der Waals surface area contributed by atoms with Crippen LogP contribution in [0.1, 0.15) is 0 Å².